The van der Waals surface area contributed by atoms with Crippen LogP contribution >= 0.6 is 11.3 Å². The fraction of sp³-hybridized carbons (Fsp3) is 0.125. The molecule has 0 aliphatic carbocycles. The Bertz CT molecular complexity index is 351. The summed E-state index contributed by atoms with van der Waals surface area (Å²) in [4.78, 5) is 9.40. The van der Waals surface area contributed by atoms with Crippen LogP contribution in [-0.4, -0.2) is 21.9 Å². The summed E-state index contributed by atoms with van der Waals surface area (Å²) in [6.45, 7) is 0. The van der Waals surface area contributed by atoms with Crippen molar-refractivity contribution >= 4 is 17.1 Å². The largest absolute Gasteiger partial charge is 0.504 e. The lowest BCUT2D eigenvalue weighted by Gasteiger charge is -2.01. The zero-order valence-electron chi connectivity index (χ0n) is 6.75. The Morgan fingerprint density at radius 3 is 2.57 bits per heavy atom. The van der Waals surface area contributed by atoms with E-state index in [0.29, 0.717) is 0 Å². The van der Waals surface area contributed by atoms with E-state index in [1.807, 2.05) is 0 Å². The van der Waals surface area contributed by atoms with Crippen molar-refractivity contribution in [1.29, 1.82) is 0 Å². The molecular weight excluding hydrogens is 217 g/mol. The van der Waals surface area contributed by atoms with Crippen LogP contribution in [0.25, 0.3) is 0 Å². The van der Waals surface area contributed by atoms with Gasteiger partial charge in [-0.25, -0.2) is 0 Å². The average Bonchev–Trinajstić information content (AvgIpc) is 2.53. The molecule has 0 aliphatic rings. The molecule has 14 heavy (non-hydrogen) atoms. The zero-order valence-corrected chi connectivity index (χ0v) is 7.56. The third kappa shape index (κ3) is 2.59. The van der Waals surface area contributed by atoms with Crippen LogP contribution in [0.15, 0.2) is 29.3 Å². The number of aliphatic hydroxyl groups excluding tert-OH is 1. The van der Waals surface area contributed by atoms with Gasteiger partial charge in [0, 0.05) is 0 Å². The highest BCUT2D eigenvalue weighted by atomic mass is 32.1. The van der Waals surface area contributed by atoms with E-state index >= 15 is 0 Å². The quantitative estimate of drug-likeness (QED) is 0.356. The molecule has 2 N–H and O–H groups in total. The maximum absolute atomic E-state index is 11.8. The molecule has 0 bridgehead atoms. The lowest BCUT2D eigenvalue weighted by molar-refractivity contribution is -0.120. The van der Waals surface area contributed by atoms with Crippen LogP contribution in [0.3, 0.4) is 0 Å². The molecule has 1 aromatic heterocycles. The number of carbonyl (C=O) groups excluding carboxylic acids is 1. The summed E-state index contributed by atoms with van der Waals surface area (Å²) in [5, 5.41) is 10.1. The second-order valence-corrected chi connectivity index (χ2v) is 3.34. The van der Waals surface area contributed by atoms with E-state index in [4.69, 9.17) is 9.90 Å². The molecule has 76 valence electrons. The topological polar surface area (TPSA) is 41.6 Å². The van der Waals surface area contributed by atoms with Gasteiger partial charge in [0.25, 0.3) is 0 Å². The molecule has 0 atom stereocenters. The number of rotatable bonds is 2. The first kappa shape index (κ1) is 10.8. The predicted molar refractivity (Wildman–Crippen MR) is 47.1 cm³/mol. The first-order valence-electron chi connectivity index (χ1n) is 3.49. The van der Waals surface area contributed by atoms with Gasteiger partial charge in [-0.1, -0.05) is 6.07 Å². The maximum Gasteiger partial charge on any atom is 0.449 e. The first-order chi connectivity index (χ1) is 6.41. The van der Waals surface area contributed by atoms with Crippen LogP contribution in [0.2, 0.25) is 0 Å². The molecule has 2 nitrogen and oxygen atoms in total. The molecular formula is C8H6F3O2S+. The Labute approximate surface area is 81.3 Å². The van der Waals surface area contributed by atoms with Gasteiger partial charge >= 0.3 is 12.0 Å². The summed E-state index contributed by atoms with van der Waals surface area (Å²) in [7, 11) is 0. The number of thiophene rings is 1. The van der Waals surface area contributed by atoms with Crippen molar-refractivity contribution in [2.75, 3.05) is 0 Å². The molecule has 6 heteroatoms. The SMILES string of the molecule is O/C(=C\C(=[OH+])c1cccs1)C(F)(F)F. The van der Waals surface area contributed by atoms with E-state index in [2.05, 4.69) is 0 Å². The van der Waals surface area contributed by atoms with Gasteiger partial charge in [-0.3, -0.25) is 4.79 Å². The first-order valence-corrected chi connectivity index (χ1v) is 4.37. The molecule has 0 fully saturated rings. The molecule has 0 radical (unpaired) electrons. The Balaban J connectivity index is 2.84. The maximum atomic E-state index is 11.8. The fourth-order valence-corrected chi connectivity index (χ4v) is 1.35. The second kappa shape index (κ2) is 3.83. The average molecular weight is 223 g/mol. The molecule has 0 spiro atoms. The molecule has 0 unspecified atom stereocenters. The molecule has 1 rings (SSSR count). The van der Waals surface area contributed by atoms with E-state index in [-0.39, 0.29) is 11.0 Å². The van der Waals surface area contributed by atoms with Crippen molar-refractivity contribution in [2.24, 2.45) is 0 Å². The van der Waals surface area contributed by atoms with Crippen molar-refractivity contribution in [1.82, 2.24) is 0 Å². The normalized spacial score (nSPS) is 12.9. The number of allylic oxidation sites excluding steroid dienone is 2. The summed E-state index contributed by atoms with van der Waals surface area (Å²) in [6, 6.07) is 3.02. The standard InChI is InChI=1S/C8H5F3O2S/c9-8(10,11)7(13)4-5(12)6-2-1-3-14-6/h1-4,13H/p+1/b7-4-. The summed E-state index contributed by atoms with van der Waals surface area (Å²) in [5.74, 6) is -2.42. The van der Waals surface area contributed by atoms with Gasteiger partial charge < -0.3 is 5.11 Å². The molecule has 0 aliphatic heterocycles. The Morgan fingerprint density at radius 2 is 2.14 bits per heavy atom. The van der Waals surface area contributed by atoms with Crippen molar-refractivity contribution < 1.29 is 23.1 Å². The van der Waals surface area contributed by atoms with Crippen molar-refractivity contribution in [3.63, 3.8) is 0 Å². The number of hydrogen-bond donors (Lipinski definition) is 1. The Hall–Kier alpha value is -1.30. The third-order valence-electron chi connectivity index (χ3n) is 1.34. The van der Waals surface area contributed by atoms with Gasteiger partial charge in [-0.15, -0.1) is 11.3 Å². The van der Waals surface area contributed by atoms with Gasteiger partial charge in [0.2, 0.25) is 5.76 Å². The minimum atomic E-state index is -4.83. The highest BCUT2D eigenvalue weighted by molar-refractivity contribution is 7.12. The smallest absolute Gasteiger partial charge is 0.449 e. The number of aliphatic hydroxyl groups is 1. The van der Waals surface area contributed by atoms with E-state index in [1.165, 1.54) is 6.07 Å². The fourth-order valence-electron chi connectivity index (χ4n) is 0.707. The molecule has 0 amide bonds. The van der Waals surface area contributed by atoms with E-state index < -0.39 is 17.7 Å². The number of hydrogen-bond acceptors (Lipinski definition) is 2. The molecule has 1 heterocycles. The monoisotopic (exact) mass is 223 g/mol. The van der Waals surface area contributed by atoms with Crippen molar-refractivity contribution in [3.05, 3.63) is 34.2 Å². The van der Waals surface area contributed by atoms with Crippen LogP contribution in [0.5, 0.6) is 0 Å². The molecule has 1 aromatic rings. The van der Waals surface area contributed by atoms with Gasteiger partial charge in [0.05, 0.1) is 6.08 Å². The van der Waals surface area contributed by atoms with Crippen LogP contribution in [-0.2, 0) is 0 Å². The number of ketones is 1. The number of alkyl halides is 3. The predicted octanol–water partition coefficient (Wildman–Crippen LogP) is 2.65. The molecule has 0 aromatic carbocycles. The summed E-state index contributed by atoms with van der Waals surface area (Å²) < 4.78 is 35.4. The second-order valence-electron chi connectivity index (χ2n) is 2.39. The Morgan fingerprint density at radius 1 is 1.50 bits per heavy atom. The zero-order chi connectivity index (χ0) is 10.8. The van der Waals surface area contributed by atoms with Gasteiger partial charge in [-0.05, 0) is 11.4 Å². The van der Waals surface area contributed by atoms with Crippen LogP contribution < -0.4 is 0 Å². The Kier molecular flexibility index (Phi) is 2.95. The minimum Gasteiger partial charge on any atom is -0.504 e. The minimum absolute atomic E-state index is 0.265. The summed E-state index contributed by atoms with van der Waals surface area (Å²) >= 11 is 1.07. The van der Waals surface area contributed by atoms with Crippen LogP contribution in [0.4, 0.5) is 13.2 Å². The lowest BCUT2D eigenvalue weighted by atomic mass is 10.3. The van der Waals surface area contributed by atoms with Gasteiger partial charge in [0.15, 0.2) is 0 Å². The van der Waals surface area contributed by atoms with Crippen LogP contribution in [0, 0.1) is 0 Å². The van der Waals surface area contributed by atoms with Crippen molar-refractivity contribution in [2.45, 2.75) is 6.18 Å². The summed E-state index contributed by atoms with van der Waals surface area (Å²) in [6.07, 6.45) is -4.54. The van der Waals surface area contributed by atoms with Crippen LogP contribution in [0.1, 0.15) is 4.88 Å². The third-order valence-corrected chi connectivity index (χ3v) is 2.23. The summed E-state index contributed by atoms with van der Waals surface area (Å²) in [5.41, 5.74) is 0. The van der Waals surface area contributed by atoms with Gasteiger partial charge in [0.1, 0.15) is 4.88 Å². The number of halogens is 3. The van der Waals surface area contributed by atoms with Gasteiger partial charge in [-0.2, -0.15) is 13.2 Å². The highest BCUT2D eigenvalue weighted by Gasteiger charge is 2.35. The van der Waals surface area contributed by atoms with E-state index in [0.717, 1.165) is 11.3 Å². The van der Waals surface area contributed by atoms with Crippen molar-refractivity contribution in [3.8, 4) is 0 Å². The lowest BCUT2D eigenvalue weighted by Crippen LogP contribution is -2.13. The van der Waals surface area contributed by atoms with E-state index in [1.54, 1.807) is 11.4 Å². The molecule has 0 saturated carbocycles. The molecule has 0 saturated heterocycles. The highest BCUT2D eigenvalue weighted by Crippen LogP contribution is 2.23. The van der Waals surface area contributed by atoms with E-state index in [9.17, 15) is 13.2 Å².